The molecule has 208 valence electrons. The zero-order valence-corrected chi connectivity index (χ0v) is 23.1. The molecule has 0 amide bonds. The number of hydrogen-bond donors (Lipinski definition) is 3. The van der Waals surface area contributed by atoms with Crippen molar-refractivity contribution in [3.63, 3.8) is 0 Å². The molecule has 3 aromatic rings. The Morgan fingerprint density at radius 3 is 2.08 bits per heavy atom. The number of hydrogen-bond acceptors (Lipinski definition) is 3. The van der Waals surface area contributed by atoms with Crippen LogP contribution in [0.4, 0.5) is 13.2 Å². The van der Waals surface area contributed by atoms with Crippen molar-refractivity contribution in [3.05, 3.63) is 119 Å². The second-order valence-corrected chi connectivity index (χ2v) is 9.80. The Bertz CT molecular complexity index is 1180. The van der Waals surface area contributed by atoms with Crippen LogP contribution in [0.3, 0.4) is 0 Å². The fourth-order valence-electron chi connectivity index (χ4n) is 4.56. The molecule has 0 aliphatic carbocycles. The Kier molecular flexibility index (Phi) is 11.2. The molecule has 3 N–H and O–H groups in total. The van der Waals surface area contributed by atoms with E-state index in [1.165, 1.54) is 17.7 Å². The largest absolute Gasteiger partial charge is 0.416 e. The van der Waals surface area contributed by atoms with Crippen LogP contribution in [-0.4, -0.2) is 19.1 Å². The molecule has 2 unspecified atom stereocenters. The maximum atomic E-state index is 12.9. The van der Waals surface area contributed by atoms with Crippen molar-refractivity contribution >= 4 is 11.4 Å². The molecule has 3 nitrogen and oxygen atoms in total. The number of halogens is 3. The highest BCUT2D eigenvalue weighted by molar-refractivity contribution is 5.65. The first kappa shape index (κ1) is 30.0. The summed E-state index contributed by atoms with van der Waals surface area (Å²) < 4.78 is 38.8. The molecule has 3 rings (SSSR count). The molecular weight excluding hydrogens is 495 g/mol. The van der Waals surface area contributed by atoms with Gasteiger partial charge in [0.05, 0.1) is 5.56 Å². The SMILES string of the molecule is C=C(NC(CCC)Cc1ccccc1)c1ccc(CNC(/C=C(\NC)c2ccc(C(F)(F)F)cc2)CC)cc1. The van der Waals surface area contributed by atoms with E-state index in [1.807, 2.05) is 12.1 Å². The van der Waals surface area contributed by atoms with E-state index in [-0.39, 0.29) is 6.04 Å². The molecule has 0 heterocycles. The lowest BCUT2D eigenvalue weighted by atomic mass is 10.0. The van der Waals surface area contributed by atoms with Crippen molar-refractivity contribution in [3.8, 4) is 0 Å². The van der Waals surface area contributed by atoms with Crippen LogP contribution in [0.1, 0.15) is 60.9 Å². The maximum Gasteiger partial charge on any atom is 0.416 e. The summed E-state index contributed by atoms with van der Waals surface area (Å²) in [7, 11) is 1.78. The zero-order chi connectivity index (χ0) is 28.3. The molecule has 6 heteroatoms. The number of alkyl halides is 3. The van der Waals surface area contributed by atoms with E-state index < -0.39 is 11.7 Å². The van der Waals surface area contributed by atoms with Crippen molar-refractivity contribution in [2.75, 3.05) is 7.05 Å². The van der Waals surface area contributed by atoms with Gasteiger partial charge in [-0.1, -0.05) is 93.6 Å². The van der Waals surface area contributed by atoms with E-state index in [9.17, 15) is 13.2 Å². The Balaban J connectivity index is 1.59. The molecule has 39 heavy (non-hydrogen) atoms. The highest BCUT2D eigenvalue weighted by atomic mass is 19.4. The first-order chi connectivity index (χ1) is 18.7. The summed E-state index contributed by atoms with van der Waals surface area (Å²) in [6.45, 7) is 9.24. The number of rotatable bonds is 14. The first-order valence-corrected chi connectivity index (χ1v) is 13.6. The van der Waals surface area contributed by atoms with E-state index >= 15 is 0 Å². The van der Waals surface area contributed by atoms with Gasteiger partial charge in [0, 0.05) is 37.1 Å². The Morgan fingerprint density at radius 2 is 1.51 bits per heavy atom. The van der Waals surface area contributed by atoms with E-state index in [0.29, 0.717) is 12.6 Å². The van der Waals surface area contributed by atoms with Gasteiger partial charge >= 0.3 is 6.18 Å². The summed E-state index contributed by atoms with van der Waals surface area (Å²) in [5.41, 5.74) is 5.32. The zero-order valence-electron chi connectivity index (χ0n) is 23.1. The molecular formula is C33H40F3N3. The third kappa shape index (κ3) is 9.32. The summed E-state index contributed by atoms with van der Waals surface area (Å²) in [5, 5.41) is 10.3. The maximum absolute atomic E-state index is 12.9. The van der Waals surface area contributed by atoms with E-state index in [1.54, 1.807) is 7.05 Å². The minimum atomic E-state index is -4.34. The summed E-state index contributed by atoms with van der Waals surface area (Å²) in [4.78, 5) is 0. The molecule has 3 aromatic carbocycles. The van der Waals surface area contributed by atoms with Crippen LogP contribution in [0, 0.1) is 0 Å². The highest BCUT2D eigenvalue weighted by Crippen LogP contribution is 2.30. The van der Waals surface area contributed by atoms with Gasteiger partial charge < -0.3 is 16.0 Å². The van der Waals surface area contributed by atoms with Gasteiger partial charge in [0.2, 0.25) is 0 Å². The van der Waals surface area contributed by atoms with Gasteiger partial charge in [-0.3, -0.25) is 0 Å². The summed E-state index contributed by atoms with van der Waals surface area (Å²) in [6, 6.07) is 24.5. The number of benzene rings is 3. The second kappa shape index (κ2) is 14.6. The molecule has 0 aliphatic rings. The van der Waals surface area contributed by atoms with Gasteiger partial charge in [0.15, 0.2) is 0 Å². The number of nitrogens with one attached hydrogen (secondary N) is 3. The van der Waals surface area contributed by atoms with Crippen LogP contribution < -0.4 is 16.0 Å². The fourth-order valence-corrected chi connectivity index (χ4v) is 4.56. The van der Waals surface area contributed by atoms with Crippen LogP contribution in [0.15, 0.2) is 91.5 Å². The predicted octanol–water partition coefficient (Wildman–Crippen LogP) is 7.81. The Hall–Kier alpha value is -3.51. The van der Waals surface area contributed by atoms with E-state index in [0.717, 1.165) is 65.9 Å². The van der Waals surface area contributed by atoms with Gasteiger partial charge in [-0.2, -0.15) is 13.2 Å². The molecule has 0 aromatic heterocycles. The second-order valence-electron chi connectivity index (χ2n) is 9.80. The van der Waals surface area contributed by atoms with Crippen LogP contribution in [0.2, 0.25) is 0 Å². The minimum Gasteiger partial charge on any atom is -0.388 e. The summed E-state index contributed by atoms with van der Waals surface area (Å²) in [5.74, 6) is 0. The molecule has 0 fully saturated rings. The molecule has 0 aliphatic heterocycles. The molecule has 0 radical (unpaired) electrons. The van der Waals surface area contributed by atoms with Gasteiger partial charge in [-0.05, 0) is 59.7 Å². The van der Waals surface area contributed by atoms with E-state index in [2.05, 4.69) is 84.9 Å². The topological polar surface area (TPSA) is 36.1 Å². The normalized spacial score (nSPS) is 13.5. The lowest BCUT2D eigenvalue weighted by molar-refractivity contribution is -0.137. The third-order valence-electron chi connectivity index (χ3n) is 6.81. The minimum absolute atomic E-state index is 0.0545. The smallest absolute Gasteiger partial charge is 0.388 e. The van der Waals surface area contributed by atoms with Crippen molar-refractivity contribution in [1.29, 1.82) is 0 Å². The molecule has 2 atom stereocenters. The van der Waals surface area contributed by atoms with Gasteiger partial charge in [0.1, 0.15) is 0 Å². The van der Waals surface area contributed by atoms with Gasteiger partial charge in [0.25, 0.3) is 0 Å². The first-order valence-electron chi connectivity index (χ1n) is 13.6. The molecule has 0 saturated carbocycles. The van der Waals surface area contributed by atoms with Crippen LogP contribution in [0.25, 0.3) is 11.4 Å². The average molecular weight is 536 g/mol. The molecule has 0 saturated heterocycles. The monoisotopic (exact) mass is 535 g/mol. The van der Waals surface area contributed by atoms with Crippen LogP contribution >= 0.6 is 0 Å². The van der Waals surface area contributed by atoms with Crippen LogP contribution in [0.5, 0.6) is 0 Å². The predicted molar refractivity (Wildman–Crippen MR) is 157 cm³/mol. The van der Waals surface area contributed by atoms with Crippen molar-refractivity contribution < 1.29 is 13.2 Å². The van der Waals surface area contributed by atoms with Crippen molar-refractivity contribution in [2.45, 2.75) is 64.3 Å². The van der Waals surface area contributed by atoms with Crippen LogP contribution in [-0.2, 0) is 19.1 Å². The quantitative estimate of drug-likeness (QED) is 0.197. The van der Waals surface area contributed by atoms with Crippen molar-refractivity contribution in [2.24, 2.45) is 0 Å². The van der Waals surface area contributed by atoms with Gasteiger partial charge in [-0.25, -0.2) is 0 Å². The molecule has 0 spiro atoms. The van der Waals surface area contributed by atoms with Crippen molar-refractivity contribution in [1.82, 2.24) is 16.0 Å². The van der Waals surface area contributed by atoms with Gasteiger partial charge in [-0.15, -0.1) is 0 Å². The Labute approximate surface area is 231 Å². The standard InChI is InChI=1S/C33H40F3N3/c1-5-10-31(21-25-11-8-7-9-12-25)39-24(3)27-15-13-26(14-16-27)23-38-30(6-2)22-32(37-4)28-17-19-29(20-18-28)33(34,35)36/h7-9,11-20,22,30-31,37-39H,3,5-6,10,21,23H2,1-2,4H3/b32-22-. The third-order valence-corrected chi connectivity index (χ3v) is 6.81. The lowest BCUT2D eigenvalue weighted by Crippen LogP contribution is -2.29. The summed E-state index contributed by atoms with van der Waals surface area (Å²) >= 11 is 0. The average Bonchev–Trinajstić information content (AvgIpc) is 2.94. The highest BCUT2D eigenvalue weighted by Gasteiger charge is 2.30. The lowest BCUT2D eigenvalue weighted by Gasteiger charge is -2.21. The van der Waals surface area contributed by atoms with E-state index in [4.69, 9.17) is 0 Å². The Morgan fingerprint density at radius 1 is 0.872 bits per heavy atom. The molecule has 0 bridgehead atoms. The fraction of sp³-hybridized carbons (Fsp3) is 0.333. The summed E-state index contributed by atoms with van der Waals surface area (Å²) in [6.07, 6.45) is 1.66.